The van der Waals surface area contributed by atoms with E-state index in [1.807, 2.05) is 0 Å². The van der Waals surface area contributed by atoms with Crippen LogP contribution >= 0.6 is 0 Å². The number of benzene rings is 5. The number of hydrogen-bond donors (Lipinski definition) is 2. The van der Waals surface area contributed by atoms with E-state index in [1.165, 1.54) is 38.5 Å². The van der Waals surface area contributed by atoms with Gasteiger partial charge in [-0.3, -0.25) is 8.61 Å². The van der Waals surface area contributed by atoms with Gasteiger partial charge < -0.3 is 29.2 Å². The molecular formula is C38H40N2O10S2. The molecule has 14 heteroatoms. The van der Waals surface area contributed by atoms with Gasteiger partial charge in [0.25, 0.3) is 20.0 Å². The van der Waals surface area contributed by atoms with Crippen LogP contribution in [0.25, 0.3) is 0 Å². The fourth-order valence-electron chi connectivity index (χ4n) is 5.27. The highest BCUT2D eigenvalue weighted by atomic mass is 32.2. The Morgan fingerprint density at radius 3 is 1.17 bits per heavy atom. The van der Waals surface area contributed by atoms with Crippen molar-refractivity contribution < 1.29 is 46.0 Å². The summed E-state index contributed by atoms with van der Waals surface area (Å²) in [7, 11) is -5.28. The Hall–Kier alpha value is -5.28. The molecule has 0 spiro atoms. The number of para-hydroxylation sites is 4. The second-order valence-corrected chi connectivity index (χ2v) is 15.2. The van der Waals surface area contributed by atoms with Crippen LogP contribution in [0.4, 0.5) is 11.4 Å². The number of hydrogen-bond acceptors (Lipinski definition) is 10. The Balaban J connectivity index is 1.22. The maximum atomic E-state index is 13.7. The molecule has 2 N–H and O–H groups in total. The normalized spacial score (nSPS) is 12.7. The zero-order valence-electron chi connectivity index (χ0n) is 28.6. The van der Waals surface area contributed by atoms with Gasteiger partial charge in [0.15, 0.2) is 0 Å². The van der Waals surface area contributed by atoms with E-state index < -0.39 is 32.3 Å². The number of sulfonamides is 2. The molecule has 0 bridgehead atoms. The number of anilines is 2. The molecule has 274 valence electrons. The highest BCUT2D eigenvalue weighted by Gasteiger charge is 2.31. The molecule has 2 atom stereocenters. The van der Waals surface area contributed by atoms with E-state index in [2.05, 4.69) is 0 Å². The van der Waals surface area contributed by atoms with Crippen LogP contribution in [0.15, 0.2) is 143 Å². The predicted molar refractivity (Wildman–Crippen MR) is 197 cm³/mol. The van der Waals surface area contributed by atoms with E-state index in [0.29, 0.717) is 23.0 Å². The fourth-order valence-corrected chi connectivity index (χ4v) is 8.34. The Bertz CT molecular complexity index is 1950. The van der Waals surface area contributed by atoms with E-state index in [9.17, 15) is 27.0 Å². The number of methoxy groups -OCH3 is 2. The van der Waals surface area contributed by atoms with E-state index >= 15 is 0 Å². The standard InChI is InChI=1S/C38H40N2O10S2/c1-47-37-19-11-9-17-35(37)39(51(43,44)33-13-5-3-6-14-33)25-29(41)27-49-31-21-23-32(24-22-31)50-28-30(42)26-40(36-18-10-12-20-38(36)48-2)52(45,46)34-15-7-4-8-16-34/h3-24,29-30,41-42H,25-28H2,1-2H3/t29-,30+. The molecule has 0 amide bonds. The topological polar surface area (TPSA) is 152 Å². The molecule has 0 aliphatic heterocycles. The average molecular weight is 749 g/mol. The van der Waals surface area contributed by atoms with Crippen molar-refractivity contribution in [2.45, 2.75) is 22.0 Å². The molecule has 5 aromatic carbocycles. The molecule has 0 unspecified atom stereocenters. The van der Waals surface area contributed by atoms with Crippen LogP contribution in [0.5, 0.6) is 23.0 Å². The van der Waals surface area contributed by atoms with E-state index in [-0.39, 0.29) is 47.5 Å². The zero-order valence-corrected chi connectivity index (χ0v) is 30.2. The average Bonchev–Trinajstić information content (AvgIpc) is 3.18. The van der Waals surface area contributed by atoms with Crippen LogP contribution in [0.3, 0.4) is 0 Å². The first-order valence-corrected chi connectivity index (χ1v) is 19.1. The van der Waals surface area contributed by atoms with Crippen molar-refractivity contribution in [3.8, 4) is 23.0 Å². The SMILES string of the molecule is COc1ccccc1N(C[C@H](O)COc1ccc(OC[C@H](O)CN(c2ccccc2OC)S(=O)(=O)c2ccccc2)cc1)S(=O)(=O)c1ccccc1. The first-order chi connectivity index (χ1) is 25.0. The summed E-state index contributed by atoms with van der Waals surface area (Å²) in [6.07, 6.45) is -2.46. The number of ether oxygens (including phenoxy) is 4. The second-order valence-electron chi connectivity index (χ2n) is 11.4. The first kappa shape index (κ1) is 38.0. The largest absolute Gasteiger partial charge is 0.495 e. The number of aliphatic hydroxyl groups excluding tert-OH is 2. The van der Waals surface area contributed by atoms with Crippen molar-refractivity contribution in [3.05, 3.63) is 133 Å². The molecule has 52 heavy (non-hydrogen) atoms. The van der Waals surface area contributed by atoms with Gasteiger partial charge in [-0.15, -0.1) is 0 Å². The lowest BCUT2D eigenvalue weighted by Gasteiger charge is -2.28. The van der Waals surface area contributed by atoms with Gasteiger partial charge in [0, 0.05) is 0 Å². The van der Waals surface area contributed by atoms with E-state index in [0.717, 1.165) is 8.61 Å². The lowest BCUT2D eigenvalue weighted by Crippen LogP contribution is -2.40. The molecule has 5 rings (SSSR count). The number of nitrogens with zero attached hydrogens (tertiary/aromatic N) is 2. The lowest BCUT2D eigenvalue weighted by atomic mass is 10.2. The maximum absolute atomic E-state index is 13.7. The van der Waals surface area contributed by atoms with Gasteiger partial charge in [0.2, 0.25) is 0 Å². The van der Waals surface area contributed by atoms with Crippen LogP contribution in [0, 0.1) is 0 Å². The summed E-state index contributed by atoms with van der Waals surface area (Å²) in [5, 5.41) is 21.9. The summed E-state index contributed by atoms with van der Waals surface area (Å²) in [5.74, 6) is 1.39. The molecule has 0 fully saturated rings. The number of rotatable bonds is 18. The minimum Gasteiger partial charge on any atom is -0.495 e. The third-order valence-corrected chi connectivity index (χ3v) is 11.4. The summed E-state index contributed by atoms with van der Waals surface area (Å²) in [6, 6.07) is 35.4. The van der Waals surface area contributed by atoms with Gasteiger partial charge in [0.05, 0.1) is 48.5 Å². The molecule has 5 aromatic rings. The molecule has 0 aliphatic rings. The fraction of sp³-hybridized carbons (Fsp3) is 0.211. The molecule has 0 aliphatic carbocycles. The molecule has 0 saturated carbocycles. The van der Waals surface area contributed by atoms with Gasteiger partial charge in [-0.05, 0) is 72.8 Å². The van der Waals surface area contributed by atoms with Crippen LogP contribution < -0.4 is 27.6 Å². The van der Waals surface area contributed by atoms with Crippen LogP contribution in [0.1, 0.15) is 0 Å². The van der Waals surface area contributed by atoms with Crippen molar-refractivity contribution in [1.82, 2.24) is 0 Å². The quantitative estimate of drug-likeness (QED) is 0.126. The summed E-state index contributed by atoms with van der Waals surface area (Å²) in [4.78, 5) is 0.111. The summed E-state index contributed by atoms with van der Waals surface area (Å²) < 4.78 is 79.3. The molecule has 0 radical (unpaired) electrons. The predicted octanol–water partition coefficient (Wildman–Crippen LogP) is 4.97. The molecule has 0 heterocycles. The molecule has 0 aromatic heterocycles. The van der Waals surface area contributed by atoms with Gasteiger partial charge in [-0.25, -0.2) is 16.8 Å². The second kappa shape index (κ2) is 17.3. The van der Waals surface area contributed by atoms with Crippen molar-refractivity contribution in [1.29, 1.82) is 0 Å². The highest BCUT2D eigenvalue weighted by molar-refractivity contribution is 7.93. The van der Waals surface area contributed by atoms with Crippen LogP contribution in [-0.2, 0) is 20.0 Å². The van der Waals surface area contributed by atoms with Crippen molar-refractivity contribution in [2.24, 2.45) is 0 Å². The lowest BCUT2D eigenvalue weighted by molar-refractivity contribution is 0.113. The summed E-state index contributed by atoms with van der Waals surface area (Å²) >= 11 is 0. The van der Waals surface area contributed by atoms with Crippen LogP contribution in [0.2, 0.25) is 0 Å². The minimum absolute atomic E-state index is 0.0556. The Kier molecular flexibility index (Phi) is 12.6. The van der Waals surface area contributed by atoms with Gasteiger partial charge >= 0.3 is 0 Å². The Labute approximate surface area is 304 Å². The highest BCUT2D eigenvalue weighted by Crippen LogP contribution is 2.34. The Morgan fingerprint density at radius 2 is 0.827 bits per heavy atom. The summed E-state index contributed by atoms with van der Waals surface area (Å²) in [6.45, 7) is -1.10. The monoisotopic (exact) mass is 748 g/mol. The zero-order chi connectivity index (χ0) is 37.1. The van der Waals surface area contributed by atoms with Crippen molar-refractivity contribution in [2.75, 3.05) is 49.1 Å². The van der Waals surface area contributed by atoms with Crippen LogP contribution in [-0.4, -0.2) is 79.8 Å². The molecular weight excluding hydrogens is 709 g/mol. The minimum atomic E-state index is -4.08. The number of aliphatic hydroxyl groups is 2. The smallest absolute Gasteiger partial charge is 0.264 e. The first-order valence-electron chi connectivity index (χ1n) is 16.2. The van der Waals surface area contributed by atoms with Crippen molar-refractivity contribution in [3.63, 3.8) is 0 Å². The van der Waals surface area contributed by atoms with E-state index in [4.69, 9.17) is 18.9 Å². The van der Waals surface area contributed by atoms with Gasteiger partial charge in [-0.2, -0.15) is 0 Å². The Morgan fingerprint density at radius 1 is 0.500 bits per heavy atom. The third-order valence-electron chi connectivity index (χ3n) is 7.83. The molecule has 0 saturated heterocycles. The third kappa shape index (κ3) is 9.14. The molecule has 12 nitrogen and oxygen atoms in total. The van der Waals surface area contributed by atoms with Crippen molar-refractivity contribution >= 4 is 31.4 Å². The van der Waals surface area contributed by atoms with Gasteiger partial charge in [-0.1, -0.05) is 60.7 Å². The summed E-state index contributed by atoms with van der Waals surface area (Å²) in [5.41, 5.74) is 0.528. The maximum Gasteiger partial charge on any atom is 0.264 e. The van der Waals surface area contributed by atoms with E-state index in [1.54, 1.807) is 109 Å². The van der Waals surface area contributed by atoms with Gasteiger partial charge in [0.1, 0.15) is 48.4 Å².